The molecule has 6 heteroatoms. The minimum atomic E-state index is -0.110. The Morgan fingerprint density at radius 1 is 1.00 bits per heavy atom. The largest absolute Gasteiger partial charge is 0.499 e. The minimum absolute atomic E-state index is 0.110. The number of hydrogen-bond donors (Lipinski definition) is 0. The summed E-state index contributed by atoms with van der Waals surface area (Å²) in [5, 5.41) is 0. The van der Waals surface area contributed by atoms with Gasteiger partial charge >= 0.3 is 0 Å². The highest BCUT2D eigenvalue weighted by Crippen LogP contribution is 2.10. The second kappa shape index (κ2) is 8.66. The second-order valence-corrected chi connectivity index (χ2v) is 3.70. The van der Waals surface area contributed by atoms with Gasteiger partial charge in [0.05, 0.1) is 39.2 Å². The summed E-state index contributed by atoms with van der Waals surface area (Å²) < 4.78 is 15.3. The number of likely N-dealkylation sites (tertiary alicyclic amines) is 1. The van der Waals surface area contributed by atoms with Crippen molar-refractivity contribution in [3.8, 4) is 0 Å². The van der Waals surface area contributed by atoms with Crippen LogP contribution in [0.25, 0.3) is 0 Å². The van der Waals surface area contributed by atoms with Gasteiger partial charge in [-0.3, -0.25) is 14.5 Å². The van der Waals surface area contributed by atoms with Crippen LogP contribution in [0.5, 0.6) is 0 Å². The summed E-state index contributed by atoms with van der Waals surface area (Å²) in [6.45, 7) is 5.94. The Bertz CT molecular complexity index is 276. The highest BCUT2D eigenvalue weighted by atomic mass is 16.5. The maximum Gasteiger partial charge on any atom is 0.229 e. The lowest BCUT2D eigenvalue weighted by molar-refractivity contribution is -0.139. The SMILES string of the molecule is C=COCCOCCOCCN1C(=O)CCC1=O. The lowest BCUT2D eigenvalue weighted by Crippen LogP contribution is -2.32. The molecular weight excluding hydrogens is 238 g/mol. The quantitative estimate of drug-likeness (QED) is 0.320. The first-order valence-electron chi connectivity index (χ1n) is 5.97. The summed E-state index contributed by atoms with van der Waals surface area (Å²) in [7, 11) is 0. The van der Waals surface area contributed by atoms with Crippen LogP contribution in [0.3, 0.4) is 0 Å². The summed E-state index contributed by atoms with van der Waals surface area (Å²) in [4.78, 5) is 23.8. The van der Waals surface area contributed by atoms with Crippen LogP contribution in [0.2, 0.25) is 0 Å². The molecule has 2 amide bonds. The van der Waals surface area contributed by atoms with Crippen molar-refractivity contribution in [1.82, 2.24) is 4.90 Å². The van der Waals surface area contributed by atoms with Gasteiger partial charge in [0.1, 0.15) is 6.61 Å². The summed E-state index contributed by atoms with van der Waals surface area (Å²) in [5.74, 6) is -0.220. The smallest absolute Gasteiger partial charge is 0.229 e. The lowest BCUT2D eigenvalue weighted by atomic mass is 10.4. The predicted octanol–water partition coefficient (Wildman–Crippen LogP) is 0.329. The molecule has 1 rings (SSSR count). The fourth-order valence-corrected chi connectivity index (χ4v) is 1.54. The number of imide groups is 1. The third-order valence-corrected chi connectivity index (χ3v) is 2.45. The third kappa shape index (κ3) is 5.29. The Kier molecular flexibility index (Phi) is 7.05. The van der Waals surface area contributed by atoms with Crippen molar-refractivity contribution in [3.63, 3.8) is 0 Å². The van der Waals surface area contributed by atoms with Gasteiger partial charge in [0.15, 0.2) is 0 Å². The van der Waals surface area contributed by atoms with Crippen molar-refractivity contribution < 1.29 is 23.8 Å². The Hall–Kier alpha value is -1.40. The average molecular weight is 257 g/mol. The Labute approximate surface area is 106 Å². The molecule has 0 unspecified atom stereocenters. The van der Waals surface area contributed by atoms with E-state index in [2.05, 4.69) is 6.58 Å². The molecule has 0 aromatic heterocycles. The fraction of sp³-hybridized carbons (Fsp3) is 0.667. The van der Waals surface area contributed by atoms with Gasteiger partial charge in [-0.15, -0.1) is 0 Å². The van der Waals surface area contributed by atoms with Crippen LogP contribution < -0.4 is 0 Å². The number of nitrogens with zero attached hydrogens (tertiary/aromatic N) is 1. The molecule has 1 aliphatic rings. The zero-order chi connectivity index (χ0) is 13.2. The van der Waals surface area contributed by atoms with Crippen LogP contribution in [-0.4, -0.2) is 56.3 Å². The second-order valence-electron chi connectivity index (χ2n) is 3.70. The monoisotopic (exact) mass is 257 g/mol. The molecule has 0 atom stereocenters. The van der Waals surface area contributed by atoms with E-state index in [1.54, 1.807) is 0 Å². The van der Waals surface area contributed by atoms with Gasteiger partial charge in [-0.25, -0.2) is 0 Å². The van der Waals surface area contributed by atoms with E-state index >= 15 is 0 Å². The molecular formula is C12H19NO5. The summed E-state index contributed by atoms with van der Waals surface area (Å²) >= 11 is 0. The molecule has 0 aromatic rings. The lowest BCUT2D eigenvalue weighted by Gasteiger charge is -2.13. The maximum atomic E-state index is 11.3. The van der Waals surface area contributed by atoms with Crippen LogP contribution in [0.1, 0.15) is 12.8 Å². The highest BCUT2D eigenvalue weighted by molar-refractivity contribution is 6.01. The molecule has 0 bridgehead atoms. The van der Waals surface area contributed by atoms with Crippen molar-refractivity contribution >= 4 is 11.8 Å². The number of carbonyl (C=O) groups is 2. The Morgan fingerprint density at radius 2 is 1.56 bits per heavy atom. The number of rotatable bonds is 10. The molecule has 0 spiro atoms. The zero-order valence-electron chi connectivity index (χ0n) is 10.4. The van der Waals surface area contributed by atoms with Gasteiger partial charge in [0, 0.05) is 12.8 Å². The van der Waals surface area contributed by atoms with Crippen LogP contribution >= 0.6 is 0 Å². The summed E-state index contributed by atoms with van der Waals surface area (Å²) in [5.41, 5.74) is 0. The van der Waals surface area contributed by atoms with Gasteiger partial charge in [-0.1, -0.05) is 6.58 Å². The predicted molar refractivity (Wildman–Crippen MR) is 63.7 cm³/mol. The van der Waals surface area contributed by atoms with Gasteiger partial charge in [0.2, 0.25) is 11.8 Å². The van der Waals surface area contributed by atoms with Crippen molar-refractivity contribution in [1.29, 1.82) is 0 Å². The molecule has 0 aromatic carbocycles. The first-order chi connectivity index (χ1) is 8.75. The van der Waals surface area contributed by atoms with Crippen molar-refractivity contribution in [2.45, 2.75) is 12.8 Å². The number of carbonyl (C=O) groups excluding carboxylic acids is 2. The molecule has 0 N–H and O–H groups in total. The van der Waals surface area contributed by atoms with E-state index in [0.717, 1.165) is 0 Å². The standard InChI is InChI=1S/C12H19NO5/c1-2-16-7-8-18-10-9-17-6-5-13-11(14)3-4-12(13)15/h2H,1,3-10H2. The molecule has 18 heavy (non-hydrogen) atoms. The average Bonchev–Trinajstić information content (AvgIpc) is 2.68. The molecule has 1 heterocycles. The molecule has 102 valence electrons. The van der Waals surface area contributed by atoms with E-state index < -0.39 is 0 Å². The zero-order valence-corrected chi connectivity index (χ0v) is 10.4. The normalized spacial score (nSPS) is 15.2. The van der Waals surface area contributed by atoms with E-state index in [-0.39, 0.29) is 11.8 Å². The van der Waals surface area contributed by atoms with Crippen molar-refractivity contribution in [2.24, 2.45) is 0 Å². The Balaban J connectivity index is 1.91. The molecule has 1 fully saturated rings. The van der Waals surface area contributed by atoms with Crippen LogP contribution in [0.15, 0.2) is 12.8 Å². The van der Waals surface area contributed by atoms with Crippen LogP contribution in [0, 0.1) is 0 Å². The first-order valence-corrected chi connectivity index (χ1v) is 5.97. The van der Waals surface area contributed by atoms with Crippen molar-refractivity contribution in [3.05, 3.63) is 12.8 Å². The van der Waals surface area contributed by atoms with Gasteiger partial charge < -0.3 is 14.2 Å². The first kappa shape index (κ1) is 14.7. The summed E-state index contributed by atoms with van der Waals surface area (Å²) in [6.07, 6.45) is 2.01. The molecule has 0 saturated carbocycles. The highest BCUT2D eigenvalue weighted by Gasteiger charge is 2.27. The van der Waals surface area contributed by atoms with E-state index in [9.17, 15) is 9.59 Å². The fourth-order valence-electron chi connectivity index (χ4n) is 1.54. The van der Waals surface area contributed by atoms with Gasteiger partial charge in [0.25, 0.3) is 0 Å². The van der Waals surface area contributed by atoms with E-state index in [0.29, 0.717) is 52.4 Å². The molecule has 0 aliphatic carbocycles. The van der Waals surface area contributed by atoms with E-state index in [1.807, 2.05) is 0 Å². The van der Waals surface area contributed by atoms with Crippen LogP contribution in [0.4, 0.5) is 0 Å². The van der Waals surface area contributed by atoms with Crippen LogP contribution in [-0.2, 0) is 23.8 Å². The molecule has 1 aliphatic heterocycles. The number of hydrogen-bond acceptors (Lipinski definition) is 5. The Morgan fingerprint density at radius 3 is 2.17 bits per heavy atom. The maximum absolute atomic E-state index is 11.3. The molecule has 0 radical (unpaired) electrons. The molecule has 6 nitrogen and oxygen atoms in total. The van der Waals surface area contributed by atoms with Crippen molar-refractivity contribution in [2.75, 3.05) is 39.6 Å². The number of ether oxygens (including phenoxy) is 3. The topological polar surface area (TPSA) is 65.1 Å². The van der Waals surface area contributed by atoms with Gasteiger partial charge in [-0.2, -0.15) is 0 Å². The number of amides is 2. The van der Waals surface area contributed by atoms with E-state index in [4.69, 9.17) is 14.2 Å². The minimum Gasteiger partial charge on any atom is -0.499 e. The summed E-state index contributed by atoms with van der Waals surface area (Å²) in [6, 6.07) is 0. The molecule has 1 saturated heterocycles. The van der Waals surface area contributed by atoms with E-state index in [1.165, 1.54) is 11.2 Å². The third-order valence-electron chi connectivity index (χ3n) is 2.45. The van der Waals surface area contributed by atoms with Gasteiger partial charge in [-0.05, 0) is 0 Å².